The Bertz CT molecular complexity index is 1970. The van der Waals surface area contributed by atoms with Gasteiger partial charge in [-0.05, 0) is 96.3 Å². The van der Waals surface area contributed by atoms with E-state index in [1.54, 1.807) is 0 Å². The van der Waals surface area contributed by atoms with Crippen LogP contribution in [-0.4, -0.2) is 73.4 Å². The average Bonchev–Trinajstić information content (AvgIpc) is 2.63. The molecule has 0 aliphatic carbocycles. The molecule has 0 fully saturated rings. The van der Waals surface area contributed by atoms with Crippen LogP contribution in [-0.2, 0) is 18.4 Å². The Balaban J connectivity index is 4.08. The molecule has 3 N–H and O–H groups in total. The number of nitrogens with zero attached hydrogens (tertiary/aromatic N) is 1. The zero-order valence-corrected chi connectivity index (χ0v) is 61.6. The molecular formula is C83H148N2O6P+. The third-order valence-electron chi connectivity index (χ3n) is 16.9. The lowest BCUT2D eigenvalue weighted by Gasteiger charge is -2.26. The molecule has 0 bridgehead atoms. The van der Waals surface area contributed by atoms with Gasteiger partial charge in [0.1, 0.15) is 13.2 Å². The third-order valence-corrected chi connectivity index (χ3v) is 17.9. The number of carbonyl (C=O) groups is 1. The largest absolute Gasteiger partial charge is 0.472 e. The summed E-state index contributed by atoms with van der Waals surface area (Å²) in [6.45, 7) is 4.79. The van der Waals surface area contributed by atoms with Crippen molar-refractivity contribution in [3.8, 4) is 0 Å². The van der Waals surface area contributed by atoms with Crippen molar-refractivity contribution in [1.29, 1.82) is 0 Å². The van der Waals surface area contributed by atoms with Crippen molar-refractivity contribution >= 4 is 13.7 Å². The van der Waals surface area contributed by atoms with E-state index in [1.807, 2.05) is 21.1 Å². The Kier molecular flexibility index (Phi) is 69.3. The van der Waals surface area contributed by atoms with E-state index >= 15 is 0 Å². The van der Waals surface area contributed by atoms with Crippen LogP contribution in [0.2, 0.25) is 0 Å². The summed E-state index contributed by atoms with van der Waals surface area (Å²) >= 11 is 0. The maximum absolute atomic E-state index is 13.1. The van der Waals surface area contributed by atoms with E-state index in [1.165, 1.54) is 186 Å². The first-order valence-electron chi connectivity index (χ1n) is 38.5. The molecule has 3 atom stereocenters. The molecule has 9 heteroatoms. The van der Waals surface area contributed by atoms with Gasteiger partial charge >= 0.3 is 7.82 Å². The number of amides is 1. The standard InChI is InChI=1S/C83H147N2O6P/c1-6-8-10-12-14-16-18-20-22-24-26-28-30-32-34-36-37-38-39-40-41-42-43-44-45-46-47-49-51-53-55-57-59-61-63-65-67-69-71-73-75-77-83(87)84-81(80-91-92(88,89)90-79-78-85(3,4)5)82(86)76-74-72-70-68-66-64-62-60-58-56-54-52-50-48-35-33-31-29-27-25-23-21-19-17-15-13-11-9-7-2/h8,10,14,16,20,22,26,28,32,34,37-38,40-41,43-44,46-47,51,53,57,59,81-82,86H,6-7,9,11-13,15,17-19,21,23-25,27,29-31,33,35-36,39,42,45,48-50,52,54-56,58,60-80H2,1-5H3,(H-,84,87,88,89)/p+1/b10-8-,16-14-,22-20-,28-26-,34-32-,38-37-,41-40-,44-43-,47-46-,53-51-,59-57-. The van der Waals surface area contributed by atoms with E-state index in [4.69, 9.17) is 9.05 Å². The van der Waals surface area contributed by atoms with Crippen LogP contribution >= 0.6 is 7.82 Å². The van der Waals surface area contributed by atoms with Crippen LogP contribution in [0.15, 0.2) is 134 Å². The summed E-state index contributed by atoms with van der Waals surface area (Å²) in [5.74, 6) is -0.156. The van der Waals surface area contributed by atoms with Crippen LogP contribution < -0.4 is 5.32 Å². The molecule has 0 rings (SSSR count). The maximum Gasteiger partial charge on any atom is 0.472 e. The Morgan fingerprint density at radius 2 is 0.652 bits per heavy atom. The molecule has 0 saturated heterocycles. The minimum atomic E-state index is -4.35. The van der Waals surface area contributed by atoms with Crippen LogP contribution in [0, 0.1) is 0 Å². The number of aliphatic hydroxyl groups excluding tert-OH is 1. The summed E-state index contributed by atoms with van der Waals surface area (Å²) in [6.07, 6.45) is 109. The number of phosphoric acid groups is 1. The average molecular weight is 1300 g/mol. The van der Waals surface area contributed by atoms with Gasteiger partial charge in [0.25, 0.3) is 0 Å². The van der Waals surface area contributed by atoms with Crippen molar-refractivity contribution in [2.45, 2.75) is 347 Å². The number of carbonyl (C=O) groups excluding carboxylic acids is 1. The van der Waals surface area contributed by atoms with Crippen molar-refractivity contribution in [1.82, 2.24) is 5.32 Å². The van der Waals surface area contributed by atoms with Gasteiger partial charge in [0.05, 0.1) is 39.9 Å². The van der Waals surface area contributed by atoms with Gasteiger partial charge in [0, 0.05) is 6.42 Å². The Hall–Kier alpha value is -3.36. The molecule has 0 aliphatic heterocycles. The number of aliphatic hydroxyl groups is 1. The minimum Gasteiger partial charge on any atom is -0.391 e. The highest BCUT2D eigenvalue weighted by Crippen LogP contribution is 2.43. The van der Waals surface area contributed by atoms with Crippen LogP contribution in [0.1, 0.15) is 335 Å². The first-order chi connectivity index (χ1) is 45.0. The maximum atomic E-state index is 13.1. The van der Waals surface area contributed by atoms with Crippen molar-refractivity contribution in [2.24, 2.45) is 0 Å². The second-order valence-electron chi connectivity index (χ2n) is 27.0. The van der Waals surface area contributed by atoms with Gasteiger partial charge < -0.3 is 19.8 Å². The number of hydrogen-bond acceptors (Lipinski definition) is 5. The fourth-order valence-electron chi connectivity index (χ4n) is 11.0. The van der Waals surface area contributed by atoms with Crippen LogP contribution in [0.4, 0.5) is 0 Å². The number of unbranched alkanes of at least 4 members (excludes halogenated alkanes) is 35. The van der Waals surface area contributed by atoms with Gasteiger partial charge in [0.2, 0.25) is 5.91 Å². The number of phosphoric ester groups is 1. The normalized spacial score (nSPS) is 14.3. The summed E-state index contributed by atoms with van der Waals surface area (Å²) in [7, 11) is 1.60. The molecule has 0 saturated carbocycles. The Morgan fingerprint density at radius 3 is 0.957 bits per heavy atom. The summed E-state index contributed by atoms with van der Waals surface area (Å²) in [5.41, 5.74) is 0. The summed E-state index contributed by atoms with van der Waals surface area (Å²) in [5, 5.41) is 14.2. The molecule has 0 aromatic rings. The summed E-state index contributed by atoms with van der Waals surface area (Å²) < 4.78 is 23.9. The molecule has 530 valence electrons. The lowest BCUT2D eigenvalue weighted by atomic mass is 10.0. The second-order valence-corrected chi connectivity index (χ2v) is 28.5. The van der Waals surface area contributed by atoms with E-state index in [-0.39, 0.29) is 19.1 Å². The predicted molar refractivity (Wildman–Crippen MR) is 405 cm³/mol. The molecule has 1 amide bonds. The van der Waals surface area contributed by atoms with Crippen molar-refractivity contribution in [2.75, 3.05) is 40.9 Å². The lowest BCUT2D eigenvalue weighted by molar-refractivity contribution is -0.870. The van der Waals surface area contributed by atoms with Gasteiger partial charge in [-0.3, -0.25) is 13.8 Å². The fraction of sp³-hybridized carbons (Fsp3) is 0.723. The van der Waals surface area contributed by atoms with Crippen molar-refractivity contribution in [3.05, 3.63) is 134 Å². The zero-order chi connectivity index (χ0) is 66.9. The highest BCUT2D eigenvalue weighted by atomic mass is 31.2. The topological polar surface area (TPSA) is 105 Å². The number of rotatable bonds is 70. The molecule has 92 heavy (non-hydrogen) atoms. The highest BCUT2D eigenvalue weighted by Gasteiger charge is 2.28. The first kappa shape index (κ1) is 88.6. The predicted octanol–water partition coefficient (Wildman–Crippen LogP) is 25.3. The number of quaternary nitrogens is 1. The summed E-state index contributed by atoms with van der Waals surface area (Å²) in [6, 6.07) is -0.778. The van der Waals surface area contributed by atoms with Gasteiger partial charge in [-0.15, -0.1) is 0 Å². The monoisotopic (exact) mass is 1300 g/mol. The van der Waals surface area contributed by atoms with E-state index in [0.29, 0.717) is 23.9 Å². The first-order valence-corrected chi connectivity index (χ1v) is 40.0. The van der Waals surface area contributed by atoms with Crippen molar-refractivity contribution < 1.29 is 32.9 Å². The molecule has 0 aromatic carbocycles. The van der Waals surface area contributed by atoms with Crippen LogP contribution in [0.3, 0.4) is 0 Å². The molecule has 0 aliphatic rings. The zero-order valence-electron chi connectivity index (χ0n) is 60.8. The highest BCUT2D eigenvalue weighted by molar-refractivity contribution is 7.47. The van der Waals surface area contributed by atoms with Crippen LogP contribution in [0.25, 0.3) is 0 Å². The Morgan fingerprint density at radius 1 is 0.380 bits per heavy atom. The van der Waals surface area contributed by atoms with Gasteiger partial charge in [-0.25, -0.2) is 4.57 Å². The lowest BCUT2D eigenvalue weighted by Crippen LogP contribution is -2.46. The van der Waals surface area contributed by atoms with E-state index < -0.39 is 20.0 Å². The number of allylic oxidation sites excluding steroid dienone is 22. The third kappa shape index (κ3) is 74.0. The molecule has 0 radical (unpaired) electrons. The molecular weight excluding hydrogens is 1150 g/mol. The molecule has 0 spiro atoms. The number of likely N-dealkylation sites (N-methyl/N-ethyl adjacent to an activating group) is 1. The second kappa shape index (κ2) is 71.9. The molecule has 0 aromatic heterocycles. The summed E-state index contributed by atoms with van der Waals surface area (Å²) in [4.78, 5) is 23.5. The minimum absolute atomic E-state index is 0.0668. The van der Waals surface area contributed by atoms with Gasteiger partial charge in [-0.2, -0.15) is 0 Å². The smallest absolute Gasteiger partial charge is 0.391 e. The number of hydrogen-bond donors (Lipinski definition) is 3. The van der Waals surface area contributed by atoms with E-state index in [9.17, 15) is 19.4 Å². The van der Waals surface area contributed by atoms with Gasteiger partial charge in [0.15, 0.2) is 0 Å². The van der Waals surface area contributed by atoms with Crippen LogP contribution in [0.5, 0.6) is 0 Å². The van der Waals surface area contributed by atoms with Gasteiger partial charge in [-0.1, -0.05) is 366 Å². The molecule has 0 heterocycles. The number of nitrogens with one attached hydrogen (secondary N) is 1. The van der Waals surface area contributed by atoms with Crippen molar-refractivity contribution in [3.63, 3.8) is 0 Å². The fourth-order valence-corrected chi connectivity index (χ4v) is 11.7. The Labute approximate surface area is 570 Å². The quantitative estimate of drug-likeness (QED) is 0.0243. The SMILES string of the molecule is CC/C=C\C/C=C\C/C=C\C/C=C\C/C=C\C/C=C\C/C=C\C/C=C\C/C=C\C/C=C\C/C=C\CCCCCCCCCC(=O)NC(COP(=O)(O)OCC[N+](C)(C)C)C(O)CCCCCCCCCCCCCCCCCCCCCCCCCCCCCCC. The van der Waals surface area contributed by atoms with E-state index in [0.717, 1.165) is 122 Å². The van der Waals surface area contributed by atoms with E-state index in [2.05, 4.69) is 153 Å². The molecule has 3 unspecified atom stereocenters. The molecule has 8 nitrogen and oxygen atoms in total.